The Morgan fingerprint density at radius 3 is 2.46 bits per heavy atom. The summed E-state index contributed by atoms with van der Waals surface area (Å²) in [6, 6.07) is 4.66. The van der Waals surface area contributed by atoms with Crippen LogP contribution in [0.1, 0.15) is 26.4 Å². The highest BCUT2D eigenvalue weighted by atomic mass is 79.9. The number of nitrogens with two attached hydrogens (primary N) is 1. The number of rotatable bonds is 3. The van der Waals surface area contributed by atoms with Crippen LogP contribution >= 0.6 is 15.9 Å². The lowest BCUT2D eigenvalue weighted by atomic mass is 10.1. The molecule has 0 radical (unpaired) electrons. The van der Waals surface area contributed by atoms with Crippen molar-refractivity contribution in [1.82, 2.24) is 4.57 Å². The molecule has 0 fully saturated rings. The second-order valence-electron chi connectivity index (χ2n) is 4.59. The molecule has 0 spiro atoms. The zero-order valence-electron chi connectivity index (χ0n) is 12.7. The highest BCUT2D eigenvalue weighted by Gasteiger charge is 2.25. The number of nitrogens with zero attached hydrogens (tertiary/aromatic N) is 2. The lowest BCUT2D eigenvalue weighted by Crippen LogP contribution is -2.12. The number of esters is 2. The maximum atomic E-state index is 12.0. The van der Waals surface area contributed by atoms with E-state index < -0.39 is 17.7 Å². The van der Waals surface area contributed by atoms with E-state index in [9.17, 15) is 14.7 Å². The summed E-state index contributed by atoms with van der Waals surface area (Å²) in [4.78, 5) is 23.8. The van der Waals surface area contributed by atoms with Crippen molar-refractivity contribution in [3.05, 3.63) is 39.6 Å². The van der Waals surface area contributed by atoms with Gasteiger partial charge < -0.3 is 24.9 Å². The first-order chi connectivity index (χ1) is 11.3. The zero-order chi connectivity index (χ0) is 18.0. The van der Waals surface area contributed by atoms with Crippen LogP contribution in [0.5, 0.6) is 5.75 Å². The van der Waals surface area contributed by atoms with Crippen LogP contribution in [-0.4, -0.2) is 35.8 Å². The van der Waals surface area contributed by atoms with Gasteiger partial charge in [0.1, 0.15) is 11.6 Å². The molecule has 1 heterocycles. The van der Waals surface area contributed by atoms with Gasteiger partial charge in [-0.3, -0.25) is 0 Å². The Hall–Kier alpha value is -2.99. The maximum Gasteiger partial charge on any atom is 0.357 e. The van der Waals surface area contributed by atoms with Gasteiger partial charge in [-0.15, -0.1) is 0 Å². The summed E-state index contributed by atoms with van der Waals surface area (Å²) in [5.41, 5.74) is 5.53. The van der Waals surface area contributed by atoms with Gasteiger partial charge in [-0.05, 0) is 12.1 Å². The summed E-state index contributed by atoms with van der Waals surface area (Å²) in [5.74, 6) is -2.00. The lowest BCUT2D eigenvalue weighted by Gasteiger charge is -2.13. The molecule has 1 aromatic heterocycles. The topological polar surface area (TPSA) is 128 Å². The minimum absolute atomic E-state index is 0.0226. The third kappa shape index (κ3) is 2.79. The van der Waals surface area contributed by atoms with Crippen molar-refractivity contribution in [3.63, 3.8) is 0 Å². The van der Waals surface area contributed by atoms with Crippen LogP contribution in [0.15, 0.2) is 22.8 Å². The van der Waals surface area contributed by atoms with Crippen LogP contribution in [0.3, 0.4) is 0 Å². The number of aromatic nitrogens is 1. The van der Waals surface area contributed by atoms with Crippen LogP contribution in [-0.2, 0) is 9.47 Å². The van der Waals surface area contributed by atoms with Crippen molar-refractivity contribution < 1.29 is 24.2 Å². The molecule has 0 amide bonds. The van der Waals surface area contributed by atoms with E-state index in [0.29, 0.717) is 4.47 Å². The highest BCUT2D eigenvalue weighted by Crippen LogP contribution is 2.34. The van der Waals surface area contributed by atoms with E-state index in [4.69, 9.17) is 11.0 Å². The number of ether oxygens (including phenoxy) is 2. The predicted octanol–water partition coefficient (Wildman–Crippen LogP) is 1.97. The molecule has 0 aliphatic heterocycles. The number of nitrogen functional groups attached to an aromatic ring is 1. The summed E-state index contributed by atoms with van der Waals surface area (Å²) >= 11 is 3.22. The molecule has 0 unspecified atom stereocenters. The first-order valence-corrected chi connectivity index (χ1v) is 7.25. The Morgan fingerprint density at radius 1 is 1.29 bits per heavy atom. The van der Waals surface area contributed by atoms with E-state index in [0.717, 1.165) is 7.11 Å². The Labute approximate surface area is 145 Å². The number of anilines is 1. The molecule has 0 saturated carbocycles. The number of halogens is 1. The van der Waals surface area contributed by atoms with Gasteiger partial charge in [0.2, 0.25) is 0 Å². The van der Waals surface area contributed by atoms with Gasteiger partial charge in [0, 0.05) is 10.7 Å². The van der Waals surface area contributed by atoms with Crippen molar-refractivity contribution in [1.29, 1.82) is 5.26 Å². The smallest absolute Gasteiger partial charge is 0.357 e. The molecule has 1 aromatic carbocycles. The standard InChI is InChI=1S/C15H12BrN3O5/c1-23-14(21)9-3-8(16)4-10(13(9)20)19-6-7(5-17)11(18)12(19)15(22)24-2/h3-4,6,20H,18H2,1-2H3. The number of carbonyl (C=O) groups is 2. The fraction of sp³-hybridized carbons (Fsp3) is 0.133. The Morgan fingerprint density at radius 2 is 1.92 bits per heavy atom. The molecule has 124 valence electrons. The van der Waals surface area contributed by atoms with Crippen molar-refractivity contribution in [2.75, 3.05) is 20.0 Å². The summed E-state index contributed by atoms with van der Waals surface area (Å²) in [6.45, 7) is 0. The third-order valence-corrected chi connectivity index (χ3v) is 3.72. The number of phenolic OH excluding ortho intramolecular Hbond substituents is 1. The van der Waals surface area contributed by atoms with E-state index in [-0.39, 0.29) is 28.2 Å². The minimum Gasteiger partial charge on any atom is -0.505 e. The second kappa shape index (κ2) is 6.64. The monoisotopic (exact) mass is 393 g/mol. The molecule has 0 aliphatic carbocycles. The molecule has 8 nitrogen and oxygen atoms in total. The van der Waals surface area contributed by atoms with Crippen LogP contribution in [0, 0.1) is 11.3 Å². The number of aromatic hydroxyl groups is 1. The number of hydrogen-bond donors (Lipinski definition) is 2. The molecule has 0 saturated heterocycles. The molecular weight excluding hydrogens is 382 g/mol. The lowest BCUT2D eigenvalue weighted by molar-refractivity contribution is 0.0588. The van der Waals surface area contributed by atoms with Crippen molar-refractivity contribution in [3.8, 4) is 17.5 Å². The van der Waals surface area contributed by atoms with Gasteiger partial charge in [0.15, 0.2) is 11.4 Å². The van der Waals surface area contributed by atoms with Gasteiger partial charge >= 0.3 is 11.9 Å². The summed E-state index contributed by atoms with van der Waals surface area (Å²) in [7, 11) is 2.33. The van der Waals surface area contributed by atoms with Crippen LogP contribution < -0.4 is 5.73 Å². The van der Waals surface area contributed by atoms with Crippen molar-refractivity contribution in [2.45, 2.75) is 0 Å². The van der Waals surface area contributed by atoms with Gasteiger partial charge in [-0.25, -0.2) is 9.59 Å². The summed E-state index contributed by atoms with van der Waals surface area (Å²) in [5, 5.41) is 19.5. The van der Waals surface area contributed by atoms with E-state index in [1.165, 1.54) is 30.0 Å². The minimum atomic E-state index is -0.798. The van der Waals surface area contributed by atoms with E-state index in [1.54, 1.807) is 0 Å². The predicted molar refractivity (Wildman–Crippen MR) is 86.9 cm³/mol. The van der Waals surface area contributed by atoms with E-state index >= 15 is 0 Å². The van der Waals surface area contributed by atoms with Gasteiger partial charge in [0.25, 0.3) is 0 Å². The Balaban J connectivity index is 2.83. The highest BCUT2D eigenvalue weighted by molar-refractivity contribution is 9.10. The first-order valence-electron chi connectivity index (χ1n) is 6.46. The van der Waals surface area contributed by atoms with Crippen LogP contribution in [0.4, 0.5) is 5.69 Å². The Bertz CT molecular complexity index is 882. The van der Waals surface area contributed by atoms with Gasteiger partial charge in [-0.1, -0.05) is 15.9 Å². The van der Waals surface area contributed by atoms with Crippen molar-refractivity contribution >= 4 is 33.6 Å². The maximum absolute atomic E-state index is 12.0. The Kier molecular flexibility index (Phi) is 4.80. The largest absolute Gasteiger partial charge is 0.505 e. The molecule has 24 heavy (non-hydrogen) atoms. The van der Waals surface area contributed by atoms with Gasteiger partial charge in [0.05, 0.1) is 31.2 Å². The molecule has 2 rings (SSSR count). The van der Waals surface area contributed by atoms with Crippen LogP contribution in [0.2, 0.25) is 0 Å². The molecule has 9 heteroatoms. The SMILES string of the molecule is COC(=O)c1cc(Br)cc(-n2cc(C#N)c(N)c2C(=O)OC)c1O. The fourth-order valence-corrected chi connectivity index (χ4v) is 2.58. The fourth-order valence-electron chi connectivity index (χ4n) is 2.14. The average molecular weight is 394 g/mol. The molecular formula is C15H12BrN3O5. The van der Waals surface area contributed by atoms with Crippen molar-refractivity contribution in [2.24, 2.45) is 0 Å². The number of methoxy groups -OCH3 is 2. The van der Waals surface area contributed by atoms with Crippen LogP contribution in [0.25, 0.3) is 5.69 Å². The number of hydrogen-bond acceptors (Lipinski definition) is 7. The van der Waals surface area contributed by atoms with E-state index in [2.05, 4.69) is 25.4 Å². The first kappa shape index (κ1) is 17.4. The third-order valence-electron chi connectivity index (χ3n) is 3.26. The van der Waals surface area contributed by atoms with E-state index in [1.807, 2.05) is 6.07 Å². The number of phenols is 1. The summed E-state index contributed by atoms with van der Waals surface area (Å²) in [6.07, 6.45) is 1.27. The summed E-state index contributed by atoms with van der Waals surface area (Å²) < 4.78 is 10.9. The molecule has 0 atom stereocenters. The zero-order valence-corrected chi connectivity index (χ0v) is 14.2. The average Bonchev–Trinajstić information content (AvgIpc) is 2.91. The number of nitriles is 1. The normalized spacial score (nSPS) is 10.1. The quantitative estimate of drug-likeness (QED) is 0.762. The molecule has 0 aliphatic rings. The van der Waals surface area contributed by atoms with Gasteiger partial charge in [-0.2, -0.15) is 5.26 Å². The second-order valence-corrected chi connectivity index (χ2v) is 5.51. The molecule has 2 aromatic rings. The number of benzene rings is 1. The number of carbonyl (C=O) groups excluding carboxylic acids is 2. The molecule has 0 bridgehead atoms. The molecule has 3 N–H and O–H groups in total.